The molecule has 1 saturated carbocycles. The van der Waals surface area contributed by atoms with Crippen molar-refractivity contribution in [2.75, 3.05) is 17.3 Å². The number of thiazole rings is 1. The van der Waals surface area contributed by atoms with Crippen molar-refractivity contribution >= 4 is 39.0 Å². The third kappa shape index (κ3) is 7.35. The van der Waals surface area contributed by atoms with Crippen LogP contribution in [-0.4, -0.2) is 47.6 Å². The fraction of sp³-hybridized carbons (Fsp3) is 0.516. The predicted octanol–water partition coefficient (Wildman–Crippen LogP) is 6.13. The van der Waals surface area contributed by atoms with Gasteiger partial charge in [-0.2, -0.15) is 13.2 Å². The Morgan fingerprint density at radius 2 is 1.83 bits per heavy atom. The highest BCUT2D eigenvalue weighted by atomic mass is 32.2. The first-order valence-electron chi connectivity index (χ1n) is 15.3. The number of amides is 1. The van der Waals surface area contributed by atoms with E-state index in [1.54, 1.807) is 29.2 Å². The van der Waals surface area contributed by atoms with Crippen LogP contribution in [0.2, 0.25) is 0 Å². The number of carbonyl (C=O) groups excluding carboxylic acids is 2. The largest absolute Gasteiger partial charge is 0.462 e. The number of nitrogens with one attached hydrogen (secondary N) is 1. The lowest BCUT2D eigenvalue weighted by Gasteiger charge is -2.28. The van der Waals surface area contributed by atoms with Crippen LogP contribution in [0.15, 0.2) is 35.4 Å². The van der Waals surface area contributed by atoms with Crippen molar-refractivity contribution in [3.63, 3.8) is 0 Å². The minimum atomic E-state index is -4.91. The summed E-state index contributed by atoms with van der Waals surface area (Å²) in [4.78, 5) is 40.1. The first-order valence-corrected chi connectivity index (χ1v) is 17.7. The molecule has 248 valence electrons. The van der Waals surface area contributed by atoms with Crippen LogP contribution >= 0.6 is 11.3 Å². The Hall–Kier alpha value is -3.59. The van der Waals surface area contributed by atoms with E-state index in [1.165, 1.54) is 19.8 Å². The number of nitrogens with zero attached hydrogens (tertiary/aromatic N) is 4. The lowest BCUT2D eigenvalue weighted by molar-refractivity contribution is -0.141. The zero-order valence-electron chi connectivity index (χ0n) is 25.8. The topological polar surface area (TPSA) is 131 Å². The number of benzene rings is 1. The van der Waals surface area contributed by atoms with Crippen molar-refractivity contribution in [2.24, 2.45) is 11.8 Å². The van der Waals surface area contributed by atoms with Gasteiger partial charge in [-0.15, -0.1) is 11.3 Å². The van der Waals surface area contributed by atoms with Gasteiger partial charge in [0, 0.05) is 12.7 Å². The van der Waals surface area contributed by atoms with Gasteiger partial charge in [-0.05, 0) is 42.9 Å². The molecule has 1 aliphatic carbocycles. The van der Waals surface area contributed by atoms with Crippen LogP contribution in [0.1, 0.15) is 101 Å². The third-order valence-electron chi connectivity index (χ3n) is 8.29. The number of fused-ring (bicyclic) bond motifs is 1. The zero-order valence-corrected chi connectivity index (χ0v) is 27.4. The van der Waals surface area contributed by atoms with Crippen molar-refractivity contribution in [1.29, 1.82) is 0 Å². The highest BCUT2D eigenvalue weighted by Gasteiger charge is 2.42. The summed E-state index contributed by atoms with van der Waals surface area (Å²) in [6.45, 7) is 5.44. The van der Waals surface area contributed by atoms with Crippen molar-refractivity contribution in [2.45, 2.75) is 83.1 Å². The van der Waals surface area contributed by atoms with Gasteiger partial charge in [0.25, 0.3) is 5.91 Å². The number of halogens is 3. The maximum Gasteiger partial charge on any atom is 0.434 e. The molecule has 2 aromatic heterocycles. The number of esters is 1. The van der Waals surface area contributed by atoms with Crippen LogP contribution in [0.5, 0.6) is 0 Å². The summed E-state index contributed by atoms with van der Waals surface area (Å²) in [5, 5.41) is 3.02. The predicted molar refractivity (Wildman–Crippen MR) is 165 cm³/mol. The number of ether oxygens (including phenoxy) is 1. The Morgan fingerprint density at radius 3 is 2.46 bits per heavy atom. The maximum atomic E-state index is 13.9. The normalized spacial score (nSPS) is 17.0. The third-order valence-corrected chi connectivity index (χ3v) is 11.1. The number of rotatable bonds is 11. The van der Waals surface area contributed by atoms with Gasteiger partial charge in [-0.25, -0.2) is 28.2 Å². The highest BCUT2D eigenvalue weighted by Crippen LogP contribution is 2.43. The van der Waals surface area contributed by atoms with E-state index in [0.717, 1.165) is 35.9 Å². The second kappa shape index (κ2) is 13.6. The molecule has 15 heteroatoms. The first-order chi connectivity index (χ1) is 21.8. The molecule has 2 aliphatic rings. The van der Waals surface area contributed by atoms with Gasteiger partial charge in [-0.1, -0.05) is 51.7 Å². The van der Waals surface area contributed by atoms with Crippen molar-refractivity contribution in [1.82, 2.24) is 20.3 Å². The fourth-order valence-electron chi connectivity index (χ4n) is 5.97. The number of hydrogen-bond acceptors (Lipinski definition) is 10. The standard InChI is InChI=1S/C31H36F3N5O5S2/c1-4-44-29(41)22-16-36-30(38-26(22)31(32,33)34)39-17-23-24(25(39)18(2)3)37-28(45-23)27(40)35-15-20-9-11-21(12-10-20)46(42,43)14-13-19-7-5-6-8-19/h9-12,16,18-19,25H,4-8,13-15,17H2,1-3H3,(H,35,40)/t25-/m0/s1. The molecular formula is C31H36F3N5O5S2. The van der Waals surface area contributed by atoms with Crippen molar-refractivity contribution < 1.29 is 35.9 Å². The van der Waals surface area contributed by atoms with Crippen LogP contribution in [0, 0.1) is 11.8 Å². The van der Waals surface area contributed by atoms with Gasteiger partial charge in [0.05, 0.1) is 40.4 Å². The van der Waals surface area contributed by atoms with E-state index in [-0.39, 0.29) is 47.2 Å². The summed E-state index contributed by atoms with van der Waals surface area (Å²) in [5.41, 5.74) is -0.858. The lowest BCUT2D eigenvalue weighted by atomic mass is 10.0. The number of alkyl halides is 3. The van der Waals surface area contributed by atoms with Gasteiger partial charge in [-0.3, -0.25) is 4.79 Å². The molecule has 5 rings (SSSR count). The molecule has 0 saturated heterocycles. The molecule has 3 aromatic rings. The average Bonchev–Trinajstić information content (AvgIpc) is 3.75. The number of anilines is 1. The molecule has 1 fully saturated rings. The van der Waals surface area contributed by atoms with E-state index in [9.17, 15) is 31.2 Å². The van der Waals surface area contributed by atoms with E-state index in [1.807, 2.05) is 13.8 Å². The van der Waals surface area contributed by atoms with E-state index >= 15 is 0 Å². The van der Waals surface area contributed by atoms with E-state index in [2.05, 4.69) is 20.3 Å². The Kier molecular flexibility index (Phi) is 10.0. The quantitative estimate of drug-likeness (QED) is 0.238. The Morgan fingerprint density at radius 1 is 1.13 bits per heavy atom. The smallest absolute Gasteiger partial charge is 0.434 e. The summed E-state index contributed by atoms with van der Waals surface area (Å²) in [6, 6.07) is 5.98. The molecule has 1 amide bonds. The van der Waals surface area contributed by atoms with Crippen LogP contribution < -0.4 is 10.2 Å². The molecular weight excluding hydrogens is 643 g/mol. The monoisotopic (exact) mass is 679 g/mol. The maximum absolute atomic E-state index is 13.9. The summed E-state index contributed by atoms with van der Waals surface area (Å²) < 4.78 is 71.9. The summed E-state index contributed by atoms with van der Waals surface area (Å²) in [7, 11) is -3.38. The molecule has 1 atom stereocenters. The van der Waals surface area contributed by atoms with E-state index < -0.39 is 45.2 Å². The van der Waals surface area contributed by atoms with Crippen LogP contribution in [0.4, 0.5) is 19.1 Å². The SMILES string of the molecule is CCOC(=O)c1cnc(N2Cc3sc(C(=O)NCc4ccc(S(=O)(=O)CCC5CCCC5)cc4)nc3[C@@H]2C(C)C)nc1C(F)(F)F. The van der Waals surface area contributed by atoms with Crippen molar-refractivity contribution in [3.8, 4) is 0 Å². The summed E-state index contributed by atoms with van der Waals surface area (Å²) >= 11 is 1.13. The molecule has 1 aromatic carbocycles. The molecule has 3 heterocycles. The number of hydrogen-bond donors (Lipinski definition) is 1. The van der Waals surface area contributed by atoms with Crippen molar-refractivity contribution in [3.05, 3.63) is 62.9 Å². The highest BCUT2D eigenvalue weighted by molar-refractivity contribution is 7.91. The second-order valence-corrected chi connectivity index (χ2v) is 15.1. The molecule has 10 nitrogen and oxygen atoms in total. The fourth-order valence-corrected chi connectivity index (χ4v) is 8.42. The Balaban J connectivity index is 1.25. The Bertz CT molecular complexity index is 1690. The number of aromatic nitrogens is 3. The second-order valence-electron chi connectivity index (χ2n) is 11.9. The molecule has 46 heavy (non-hydrogen) atoms. The van der Waals surface area contributed by atoms with Gasteiger partial charge in [0.2, 0.25) is 5.95 Å². The van der Waals surface area contributed by atoms with Gasteiger partial charge in [0.1, 0.15) is 5.56 Å². The summed E-state index contributed by atoms with van der Waals surface area (Å²) in [6.07, 6.45) is 1.12. The van der Waals surface area contributed by atoms with Gasteiger partial charge < -0.3 is 15.0 Å². The lowest BCUT2D eigenvalue weighted by Crippen LogP contribution is -2.30. The molecule has 0 bridgehead atoms. The van der Waals surface area contributed by atoms with Gasteiger partial charge in [0.15, 0.2) is 20.5 Å². The van der Waals surface area contributed by atoms with Crippen LogP contribution in [0.3, 0.4) is 0 Å². The first kappa shape index (κ1) is 33.8. The Labute approximate surface area is 269 Å². The average molecular weight is 680 g/mol. The number of sulfone groups is 1. The van der Waals surface area contributed by atoms with Gasteiger partial charge >= 0.3 is 12.1 Å². The van der Waals surface area contributed by atoms with E-state index in [0.29, 0.717) is 22.9 Å². The zero-order chi connectivity index (χ0) is 33.2. The molecule has 1 aliphatic heterocycles. The van der Waals surface area contributed by atoms with Crippen LogP contribution in [-0.2, 0) is 33.8 Å². The molecule has 0 unspecified atom stereocenters. The van der Waals surface area contributed by atoms with E-state index in [4.69, 9.17) is 4.74 Å². The number of carbonyl (C=O) groups is 2. The molecule has 1 N–H and O–H groups in total. The molecule has 0 radical (unpaired) electrons. The minimum Gasteiger partial charge on any atom is -0.462 e. The summed E-state index contributed by atoms with van der Waals surface area (Å²) in [5.74, 6) is -1.30. The molecule has 0 spiro atoms. The van der Waals surface area contributed by atoms with Crippen LogP contribution in [0.25, 0.3) is 0 Å². The minimum absolute atomic E-state index is 0.0991.